The summed E-state index contributed by atoms with van der Waals surface area (Å²) in [5, 5.41) is 2.88. The number of benzene rings is 2. The van der Waals surface area contributed by atoms with E-state index in [1.807, 2.05) is 37.4 Å². The first-order chi connectivity index (χ1) is 15.1. The van der Waals surface area contributed by atoms with Crippen LogP contribution in [0.4, 0.5) is 5.69 Å². The molecule has 4 rings (SSSR count). The molecule has 2 N–H and O–H groups in total. The summed E-state index contributed by atoms with van der Waals surface area (Å²) in [7, 11) is 0. The van der Waals surface area contributed by atoms with Crippen LogP contribution in [0.25, 0.3) is 22.4 Å². The number of carbonyl (C=O) groups is 1. The van der Waals surface area contributed by atoms with Gasteiger partial charge in [-0.3, -0.25) is 9.69 Å². The number of carbonyl (C=O) groups excluding carboxylic acids is 1. The van der Waals surface area contributed by atoms with Crippen LogP contribution in [-0.4, -0.2) is 42.0 Å². The zero-order valence-corrected chi connectivity index (χ0v) is 18.0. The van der Waals surface area contributed by atoms with Gasteiger partial charge >= 0.3 is 0 Å². The van der Waals surface area contributed by atoms with Gasteiger partial charge in [0.25, 0.3) is 0 Å². The molecule has 1 saturated heterocycles. The van der Waals surface area contributed by atoms with Crippen LogP contribution >= 0.6 is 0 Å². The van der Waals surface area contributed by atoms with Crippen LogP contribution in [0.3, 0.4) is 0 Å². The van der Waals surface area contributed by atoms with Crippen LogP contribution in [0.15, 0.2) is 67.4 Å². The van der Waals surface area contributed by atoms with Gasteiger partial charge in [-0.2, -0.15) is 0 Å². The van der Waals surface area contributed by atoms with Crippen LogP contribution in [-0.2, 0) is 4.79 Å². The number of H-pyrrole nitrogens is 1. The Labute approximate surface area is 183 Å². The summed E-state index contributed by atoms with van der Waals surface area (Å²) in [5.41, 5.74) is 6.03. The van der Waals surface area contributed by atoms with Crippen molar-refractivity contribution < 1.29 is 9.53 Å². The molecule has 0 atom stereocenters. The van der Waals surface area contributed by atoms with Crippen molar-refractivity contribution in [1.82, 2.24) is 9.88 Å². The van der Waals surface area contributed by atoms with Crippen molar-refractivity contribution in [3.8, 4) is 28.1 Å². The lowest BCUT2D eigenvalue weighted by molar-refractivity contribution is -0.111. The normalized spacial score (nSPS) is 13.8. The summed E-state index contributed by atoms with van der Waals surface area (Å²) in [6.07, 6.45) is 5.82. The van der Waals surface area contributed by atoms with Crippen molar-refractivity contribution in [2.24, 2.45) is 0 Å². The van der Waals surface area contributed by atoms with Gasteiger partial charge in [0.1, 0.15) is 12.4 Å². The van der Waals surface area contributed by atoms with E-state index in [9.17, 15) is 4.79 Å². The predicted octanol–water partition coefficient (Wildman–Crippen LogP) is 5.26. The highest BCUT2D eigenvalue weighted by Crippen LogP contribution is 2.34. The quantitative estimate of drug-likeness (QED) is 0.494. The molecule has 0 aliphatic carbocycles. The average Bonchev–Trinajstić information content (AvgIpc) is 3.48. The molecule has 2 heterocycles. The molecule has 160 valence electrons. The van der Waals surface area contributed by atoms with Crippen molar-refractivity contribution in [3.05, 3.63) is 72.9 Å². The smallest absolute Gasteiger partial charge is 0.247 e. The molecule has 0 spiro atoms. The maximum absolute atomic E-state index is 11.8. The zero-order valence-electron chi connectivity index (χ0n) is 18.0. The van der Waals surface area contributed by atoms with Crippen LogP contribution < -0.4 is 10.1 Å². The van der Waals surface area contributed by atoms with Gasteiger partial charge in [-0.25, -0.2) is 0 Å². The van der Waals surface area contributed by atoms with Crippen molar-refractivity contribution in [2.75, 3.05) is 31.6 Å². The number of rotatable bonds is 8. The summed E-state index contributed by atoms with van der Waals surface area (Å²) in [5.74, 6) is 0.677. The standard InChI is InChI=1S/C26H29N3O2/c1-3-25(30)28-24-18-21(7-6-19(24)2)23-12-13-27-26(23)20-8-10-22(11-9-20)31-17-16-29-14-4-5-15-29/h3,6-13,18,27H,1,4-5,14-17H2,2H3,(H,28,30). The molecule has 1 amide bonds. The van der Waals surface area contributed by atoms with E-state index < -0.39 is 0 Å². The van der Waals surface area contributed by atoms with E-state index in [0.717, 1.165) is 52.5 Å². The molecule has 1 fully saturated rings. The van der Waals surface area contributed by atoms with E-state index in [0.29, 0.717) is 0 Å². The molecule has 3 aromatic rings. The summed E-state index contributed by atoms with van der Waals surface area (Å²) >= 11 is 0. The number of nitrogens with one attached hydrogen (secondary N) is 2. The van der Waals surface area contributed by atoms with Crippen LogP contribution in [0.5, 0.6) is 5.75 Å². The number of hydrogen-bond donors (Lipinski definition) is 2. The van der Waals surface area contributed by atoms with Crippen molar-refractivity contribution in [3.63, 3.8) is 0 Å². The van der Waals surface area contributed by atoms with E-state index in [-0.39, 0.29) is 5.91 Å². The molecule has 0 radical (unpaired) electrons. The number of aryl methyl sites for hydroxylation is 1. The van der Waals surface area contributed by atoms with Gasteiger partial charge in [0.05, 0.1) is 5.69 Å². The second-order valence-corrected chi connectivity index (χ2v) is 7.91. The van der Waals surface area contributed by atoms with Gasteiger partial charge in [0.15, 0.2) is 0 Å². The molecule has 1 aliphatic heterocycles. The lowest BCUT2D eigenvalue weighted by Crippen LogP contribution is -2.25. The van der Waals surface area contributed by atoms with Crippen molar-refractivity contribution in [2.45, 2.75) is 19.8 Å². The fourth-order valence-corrected chi connectivity index (χ4v) is 3.97. The number of amides is 1. The minimum atomic E-state index is -0.213. The van der Waals surface area contributed by atoms with Gasteiger partial charge in [-0.1, -0.05) is 18.7 Å². The van der Waals surface area contributed by atoms with Gasteiger partial charge in [0.2, 0.25) is 5.91 Å². The van der Waals surface area contributed by atoms with Crippen LogP contribution in [0, 0.1) is 6.92 Å². The largest absolute Gasteiger partial charge is 0.492 e. The van der Waals surface area contributed by atoms with Gasteiger partial charge in [0, 0.05) is 24.0 Å². The highest BCUT2D eigenvalue weighted by atomic mass is 16.5. The third kappa shape index (κ3) is 5.06. The van der Waals surface area contributed by atoms with E-state index in [2.05, 4.69) is 46.0 Å². The lowest BCUT2D eigenvalue weighted by atomic mass is 9.99. The molecule has 0 saturated carbocycles. The van der Waals surface area contributed by atoms with E-state index in [1.165, 1.54) is 32.0 Å². The first-order valence-electron chi connectivity index (χ1n) is 10.8. The van der Waals surface area contributed by atoms with Crippen molar-refractivity contribution in [1.29, 1.82) is 0 Å². The molecule has 5 nitrogen and oxygen atoms in total. The number of nitrogens with zero attached hydrogens (tertiary/aromatic N) is 1. The molecular formula is C26H29N3O2. The third-order valence-electron chi connectivity index (χ3n) is 5.76. The number of aromatic amines is 1. The Morgan fingerprint density at radius 1 is 1.13 bits per heavy atom. The van der Waals surface area contributed by atoms with Crippen molar-refractivity contribution >= 4 is 11.6 Å². The second kappa shape index (κ2) is 9.67. The Morgan fingerprint density at radius 2 is 1.87 bits per heavy atom. The predicted molar refractivity (Wildman–Crippen MR) is 126 cm³/mol. The number of anilines is 1. The highest BCUT2D eigenvalue weighted by molar-refractivity contribution is 6.00. The summed E-state index contributed by atoms with van der Waals surface area (Å²) in [6.45, 7) is 9.59. The summed E-state index contributed by atoms with van der Waals surface area (Å²) < 4.78 is 5.93. The Morgan fingerprint density at radius 3 is 2.61 bits per heavy atom. The van der Waals surface area contributed by atoms with Crippen LogP contribution in [0.2, 0.25) is 0 Å². The van der Waals surface area contributed by atoms with Gasteiger partial charge in [-0.05, 0) is 92.0 Å². The number of aromatic nitrogens is 1. The molecule has 5 heteroatoms. The van der Waals surface area contributed by atoms with Crippen LogP contribution in [0.1, 0.15) is 18.4 Å². The van der Waals surface area contributed by atoms with Gasteiger partial charge < -0.3 is 15.0 Å². The molecule has 0 unspecified atom stereocenters. The molecule has 0 bridgehead atoms. The Bertz CT molecular complexity index is 1050. The van der Waals surface area contributed by atoms with Gasteiger partial charge in [-0.15, -0.1) is 0 Å². The minimum Gasteiger partial charge on any atom is -0.492 e. The first-order valence-corrected chi connectivity index (χ1v) is 10.8. The summed E-state index contributed by atoms with van der Waals surface area (Å²) in [6, 6.07) is 16.3. The Balaban J connectivity index is 1.48. The minimum absolute atomic E-state index is 0.213. The monoisotopic (exact) mass is 415 g/mol. The SMILES string of the molecule is C=CC(=O)Nc1cc(-c2cc[nH]c2-c2ccc(OCCN3CCCC3)cc2)ccc1C. The Kier molecular flexibility index (Phi) is 6.53. The first kappa shape index (κ1) is 20.9. The molecular weight excluding hydrogens is 386 g/mol. The maximum Gasteiger partial charge on any atom is 0.247 e. The number of hydrogen-bond acceptors (Lipinski definition) is 3. The Hall–Kier alpha value is -3.31. The second-order valence-electron chi connectivity index (χ2n) is 7.91. The third-order valence-corrected chi connectivity index (χ3v) is 5.76. The highest BCUT2D eigenvalue weighted by Gasteiger charge is 2.13. The van der Waals surface area contributed by atoms with E-state index in [1.54, 1.807) is 0 Å². The molecule has 31 heavy (non-hydrogen) atoms. The topological polar surface area (TPSA) is 57.4 Å². The number of ether oxygens (including phenoxy) is 1. The summed E-state index contributed by atoms with van der Waals surface area (Å²) in [4.78, 5) is 17.6. The van der Waals surface area contributed by atoms with E-state index >= 15 is 0 Å². The number of likely N-dealkylation sites (tertiary alicyclic amines) is 1. The fraction of sp³-hybridized carbons (Fsp3) is 0.269. The maximum atomic E-state index is 11.8. The van der Waals surface area contributed by atoms with E-state index in [4.69, 9.17) is 4.74 Å². The molecule has 2 aromatic carbocycles. The average molecular weight is 416 g/mol. The fourth-order valence-electron chi connectivity index (χ4n) is 3.97. The lowest BCUT2D eigenvalue weighted by Gasteiger charge is -2.15. The molecule has 1 aromatic heterocycles. The zero-order chi connectivity index (χ0) is 21.6. The molecule has 1 aliphatic rings.